The van der Waals surface area contributed by atoms with E-state index in [-0.39, 0.29) is 6.61 Å². The van der Waals surface area contributed by atoms with Gasteiger partial charge in [0.2, 0.25) is 0 Å². The van der Waals surface area contributed by atoms with Crippen LogP contribution in [0.5, 0.6) is 0 Å². The predicted molar refractivity (Wildman–Crippen MR) is 68.5 cm³/mol. The molecule has 1 rings (SSSR count). The van der Waals surface area contributed by atoms with Gasteiger partial charge in [-0.2, -0.15) is 0 Å². The van der Waals surface area contributed by atoms with Gasteiger partial charge in [-0.1, -0.05) is 11.6 Å². The number of thiophene rings is 1. The lowest BCUT2D eigenvalue weighted by molar-refractivity contribution is 0.0483. The second-order valence-electron chi connectivity index (χ2n) is 4.52. The van der Waals surface area contributed by atoms with E-state index >= 15 is 0 Å². The van der Waals surface area contributed by atoms with Crippen molar-refractivity contribution in [3.8, 4) is 0 Å². The minimum absolute atomic E-state index is 0.198. The van der Waals surface area contributed by atoms with Gasteiger partial charge in [0, 0.05) is 4.88 Å². The summed E-state index contributed by atoms with van der Waals surface area (Å²) in [6.07, 6.45) is -0.555. The van der Waals surface area contributed by atoms with Gasteiger partial charge in [-0.05, 0) is 32.9 Å². The third-order valence-electron chi connectivity index (χ3n) is 1.81. The van der Waals surface area contributed by atoms with Gasteiger partial charge in [0.1, 0.15) is 5.60 Å². The monoisotopic (exact) mass is 277 g/mol. The van der Waals surface area contributed by atoms with Gasteiger partial charge < -0.3 is 15.2 Å². The van der Waals surface area contributed by atoms with E-state index in [9.17, 15) is 9.90 Å². The maximum absolute atomic E-state index is 11.5. The number of rotatable bonds is 3. The van der Waals surface area contributed by atoms with Crippen LogP contribution in [0.3, 0.4) is 0 Å². The molecule has 17 heavy (non-hydrogen) atoms. The standard InChI is InChI=1S/C11H16ClNO3S/c1-11(2,3)16-10(15)13-7(6-14)8-4-5-9(12)17-8/h4-5,7,14H,6H2,1-3H3,(H,13,15). The lowest BCUT2D eigenvalue weighted by atomic mass is 10.2. The SMILES string of the molecule is CC(C)(C)OC(=O)NC(CO)c1ccc(Cl)s1. The van der Waals surface area contributed by atoms with Gasteiger partial charge in [-0.15, -0.1) is 11.3 Å². The molecule has 0 saturated carbocycles. The van der Waals surface area contributed by atoms with Crippen LogP contribution in [-0.2, 0) is 4.74 Å². The highest BCUT2D eigenvalue weighted by molar-refractivity contribution is 7.16. The van der Waals surface area contributed by atoms with Crippen molar-refractivity contribution in [3.63, 3.8) is 0 Å². The Balaban J connectivity index is 2.62. The molecule has 1 unspecified atom stereocenters. The molecule has 96 valence electrons. The summed E-state index contributed by atoms with van der Waals surface area (Å²) >= 11 is 7.11. The van der Waals surface area contributed by atoms with Crippen molar-refractivity contribution in [1.82, 2.24) is 5.32 Å². The first-order chi connectivity index (χ1) is 7.81. The molecule has 1 atom stereocenters. The minimum Gasteiger partial charge on any atom is -0.444 e. The first-order valence-electron chi connectivity index (χ1n) is 5.17. The van der Waals surface area contributed by atoms with Crippen LogP contribution in [0.1, 0.15) is 31.7 Å². The molecule has 6 heteroatoms. The average molecular weight is 278 g/mol. The van der Waals surface area contributed by atoms with E-state index < -0.39 is 17.7 Å². The maximum atomic E-state index is 11.5. The molecule has 0 aromatic carbocycles. The number of hydrogen-bond acceptors (Lipinski definition) is 4. The van der Waals surface area contributed by atoms with E-state index in [0.717, 1.165) is 4.88 Å². The number of alkyl carbamates (subject to hydrolysis) is 1. The molecule has 1 aromatic rings. The van der Waals surface area contributed by atoms with E-state index in [1.165, 1.54) is 11.3 Å². The number of carbonyl (C=O) groups excluding carboxylic acids is 1. The number of amides is 1. The van der Waals surface area contributed by atoms with Gasteiger partial charge in [0.05, 0.1) is 17.0 Å². The summed E-state index contributed by atoms with van der Waals surface area (Å²) in [6.45, 7) is 5.14. The molecular formula is C11H16ClNO3S. The van der Waals surface area contributed by atoms with Gasteiger partial charge in [-0.25, -0.2) is 4.79 Å². The summed E-state index contributed by atoms with van der Waals surface area (Å²) in [5, 5.41) is 11.8. The van der Waals surface area contributed by atoms with Crippen LogP contribution in [0.2, 0.25) is 4.34 Å². The molecule has 0 fully saturated rings. The van der Waals surface area contributed by atoms with Crippen LogP contribution in [0.25, 0.3) is 0 Å². The molecule has 0 radical (unpaired) electrons. The van der Waals surface area contributed by atoms with Crippen molar-refractivity contribution in [2.24, 2.45) is 0 Å². The first kappa shape index (κ1) is 14.3. The Bertz CT molecular complexity index is 386. The summed E-state index contributed by atoms with van der Waals surface area (Å²) in [4.78, 5) is 12.3. The van der Waals surface area contributed by atoms with E-state index in [2.05, 4.69) is 5.32 Å². The lowest BCUT2D eigenvalue weighted by Gasteiger charge is -2.22. The highest BCUT2D eigenvalue weighted by Crippen LogP contribution is 2.26. The zero-order valence-corrected chi connectivity index (χ0v) is 11.6. The van der Waals surface area contributed by atoms with E-state index in [1.807, 2.05) is 0 Å². The number of aliphatic hydroxyl groups is 1. The van der Waals surface area contributed by atoms with Crippen LogP contribution in [-0.4, -0.2) is 23.4 Å². The van der Waals surface area contributed by atoms with Crippen LogP contribution >= 0.6 is 22.9 Å². The zero-order chi connectivity index (χ0) is 13.1. The number of nitrogens with one attached hydrogen (secondary N) is 1. The lowest BCUT2D eigenvalue weighted by Crippen LogP contribution is -2.35. The molecule has 0 saturated heterocycles. The summed E-state index contributed by atoms with van der Waals surface area (Å²) in [7, 11) is 0. The molecule has 1 amide bonds. The molecule has 1 aromatic heterocycles. The minimum atomic E-state index is -0.558. The fourth-order valence-electron chi connectivity index (χ4n) is 1.17. The van der Waals surface area contributed by atoms with Crippen molar-refractivity contribution in [3.05, 3.63) is 21.3 Å². The number of aliphatic hydroxyl groups excluding tert-OH is 1. The Morgan fingerprint density at radius 1 is 1.59 bits per heavy atom. The van der Waals surface area contributed by atoms with Gasteiger partial charge in [0.25, 0.3) is 0 Å². The Kier molecular flexibility index (Phi) is 4.80. The highest BCUT2D eigenvalue weighted by atomic mass is 35.5. The molecule has 0 aliphatic heterocycles. The second kappa shape index (κ2) is 5.71. The number of ether oxygens (including phenoxy) is 1. The highest BCUT2D eigenvalue weighted by Gasteiger charge is 2.20. The van der Waals surface area contributed by atoms with Gasteiger partial charge in [-0.3, -0.25) is 0 Å². The van der Waals surface area contributed by atoms with Crippen LogP contribution in [0, 0.1) is 0 Å². The Labute approximate surface area is 110 Å². The van der Waals surface area contributed by atoms with Crippen molar-refractivity contribution in [2.75, 3.05) is 6.61 Å². The molecule has 0 bridgehead atoms. The van der Waals surface area contributed by atoms with E-state index in [0.29, 0.717) is 4.34 Å². The van der Waals surface area contributed by atoms with Crippen molar-refractivity contribution < 1.29 is 14.6 Å². The van der Waals surface area contributed by atoms with Crippen LogP contribution in [0.4, 0.5) is 4.79 Å². The molecule has 1 heterocycles. The zero-order valence-electron chi connectivity index (χ0n) is 9.99. The largest absolute Gasteiger partial charge is 0.444 e. The number of hydrogen-bond donors (Lipinski definition) is 2. The Hall–Kier alpha value is -0.780. The van der Waals surface area contributed by atoms with Crippen molar-refractivity contribution in [2.45, 2.75) is 32.4 Å². The molecule has 2 N–H and O–H groups in total. The molecule has 0 aliphatic carbocycles. The number of carbonyl (C=O) groups is 1. The summed E-state index contributed by atoms with van der Waals surface area (Å²) < 4.78 is 5.72. The summed E-state index contributed by atoms with van der Waals surface area (Å²) in [5.74, 6) is 0. The van der Waals surface area contributed by atoms with Gasteiger partial charge in [0.15, 0.2) is 0 Å². The normalized spacial score (nSPS) is 13.2. The quantitative estimate of drug-likeness (QED) is 0.893. The van der Waals surface area contributed by atoms with Crippen LogP contribution in [0.15, 0.2) is 12.1 Å². The molecule has 0 aliphatic rings. The maximum Gasteiger partial charge on any atom is 0.408 e. The Morgan fingerprint density at radius 3 is 2.65 bits per heavy atom. The smallest absolute Gasteiger partial charge is 0.408 e. The fraction of sp³-hybridized carbons (Fsp3) is 0.545. The fourth-order valence-corrected chi connectivity index (χ4v) is 2.28. The van der Waals surface area contributed by atoms with E-state index in [1.54, 1.807) is 32.9 Å². The molecular weight excluding hydrogens is 262 g/mol. The summed E-state index contributed by atoms with van der Waals surface area (Å²) in [6, 6.07) is 3.01. The average Bonchev–Trinajstić information content (AvgIpc) is 2.58. The third kappa shape index (κ3) is 4.93. The summed E-state index contributed by atoms with van der Waals surface area (Å²) in [5.41, 5.74) is -0.558. The third-order valence-corrected chi connectivity index (χ3v) is 3.16. The van der Waals surface area contributed by atoms with Crippen LogP contribution < -0.4 is 5.32 Å². The first-order valence-corrected chi connectivity index (χ1v) is 6.37. The second-order valence-corrected chi connectivity index (χ2v) is 6.27. The topological polar surface area (TPSA) is 58.6 Å². The van der Waals surface area contributed by atoms with Crippen molar-refractivity contribution >= 4 is 29.0 Å². The Morgan fingerprint density at radius 2 is 2.24 bits per heavy atom. The molecule has 0 spiro atoms. The predicted octanol–water partition coefficient (Wildman–Crippen LogP) is 2.96. The number of halogens is 1. The van der Waals surface area contributed by atoms with Gasteiger partial charge >= 0.3 is 6.09 Å². The van der Waals surface area contributed by atoms with E-state index in [4.69, 9.17) is 16.3 Å². The van der Waals surface area contributed by atoms with Crippen molar-refractivity contribution in [1.29, 1.82) is 0 Å². The molecule has 4 nitrogen and oxygen atoms in total.